The van der Waals surface area contributed by atoms with E-state index in [4.69, 9.17) is 11.6 Å². The number of carbonyl (C=O) groups is 3. The van der Waals surface area contributed by atoms with E-state index in [0.717, 1.165) is 4.90 Å². The topological polar surface area (TPSA) is 78.5 Å². The Balaban J connectivity index is 1.85. The molecule has 2 aromatic carbocycles. The van der Waals surface area contributed by atoms with Gasteiger partial charge in [-0.15, -0.1) is 0 Å². The van der Waals surface area contributed by atoms with Crippen LogP contribution in [0.15, 0.2) is 48.5 Å². The molecule has 0 radical (unpaired) electrons. The van der Waals surface area contributed by atoms with E-state index in [1.807, 2.05) is 0 Å². The molecule has 1 aliphatic rings. The van der Waals surface area contributed by atoms with Gasteiger partial charge in [-0.3, -0.25) is 14.5 Å². The maximum Gasteiger partial charge on any atom is 0.325 e. The number of hydrogen-bond donors (Lipinski definition) is 2. The van der Waals surface area contributed by atoms with Gasteiger partial charge in [0.15, 0.2) is 0 Å². The van der Waals surface area contributed by atoms with Crippen LogP contribution in [0, 0.1) is 5.82 Å². The van der Waals surface area contributed by atoms with Gasteiger partial charge >= 0.3 is 6.03 Å². The third-order valence-electron chi connectivity index (χ3n) is 3.96. The molecule has 134 valence electrons. The number of imide groups is 1. The highest BCUT2D eigenvalue weighted by Gasteiger charge is 2.31. The molecule has 0 aliphatic carbocycles. The maximum absolute atomic E-state index is 13.2. The van der Waals surface area contributed by atoms with Crippen molar-refractivity contribution in [2.45, 2.75) is 6.04 Å². The molecule has 26 heavy (non-hydrogen) atoms. The average Bonchev–Trinajstić information content (AvgIpc) is 2.93. The fourth-order valence-electron chi connectivity index (χ4n) is 2.67. The van der Waals surface area contributed by atoms with Gasteiger partial charge in [0.1, 0.15) is 12.4 Å². The predicted octanol–water partition coefficient (Wildman–Crippen LogP) is 2.24. The van der Waals surface area contributed by atoms with Gasteiger partial charge in [-0.05, 0) is 29.3 Å². The molecule has 1 heterocycles. The smallest absolute Gasteiger partial charge is 0.325 e. The summed E-state index contributed by atoms with van der Waals surface area (Å²) in [5.74, 6) is -1.41. The summed E-state index contributed by atoms with van der Waals surface area (Å²) in [5.41, 5.74) is 1.23. The molecule has 0 spiro atoms. The third kappa shape index (κ3) is 3.83. The molecular weight excluding hydrogens is 361 g/mol. The number of rotatable bonds is 5. The first kappa shape index (κ1) is 17.9. The van der Waals surface area contributed by atoms with Crippen LogP contribution in [0.4, 0.5) is 9.18 Å². The molecule has 0 aromatic heterocycles. The van der Waals surface area contributed by atoms with Crippen LogP contribution in [0.25, 0.3) is 0 Å². The summed E-state index contributed by atoms with van der Waals surface area (Å²) >= 11 is 6.25. The van der Waals surface area contributed by atoms with Crippen LogP contribution in [0.2, 0.25) is 5.02 Å². The highest BCUT2D eigenvalue weighted by atomic mass is 35.5. The summed E-state index contributed by atoms with van der Waals surface area (Å²) in [6, 6.07) is 11.3. The number of hydrogen-bond acceptors (Lipinski definition) is 3. The van der Waals surface area contributed by atoms with Crippen molar-refractivity contribution >= 4 is 29.4 Å². The van der Waals surface area contributed by atoms with Crippen molar-refractivity contribution in [1.82, 2.24) is 15.5 Å². The van der Waals surface area contributed by atoms with Crippen LogP contribution in [-0.4, -0.2) is 35.8 Å². The van der Waals surface area contributed by atoms with Crippen LogP contribution in [0.1, 0.15) is 17.2 Å². The van der Waals surface area contributed by atoms with Crippen molar-refractivity contribution in [3.05, 3.63) is 70.5 Å². The van der Waals surface area contributed by atoms with Crippen molar-refractivity contribution < 1.29 is 18.8 Å². The minimum absolute atomic E-state index is 0.127. The second kappa shape index (κ2) is 7.53. The second-order valence-corrected chi connectivity index (χ2v) is 6.12. The quantitative estimate of drug-likeness (QED) is 0.787. The third-order valence-corrected chi connectivity index (χ3v) is 4.31. The van der Waals surface area contributed by atoms with Gasteiger partial charge in [-0.2, -0.15) is 0 Å². The molecule has 1 atom stereocenters. The SMILES string of the molecule is O=C(CN1C(=O)CNC1=O)NC(c1ccc(F)cc1)c1ccccc1Cl. The van der Waals surface area contributed by atoms with Crippen LogP contribution in [0.3, 0.4) is 0 Å². The van der Waals surface area contributed by atoms with Gasteiger partial charge in [-0.1, -0.05) is 41.9 Å². The van der Waals surface area contributed by atoms with Gasteiger partial charge in [0.2, 0.25) is 5.91 Å². The van der Waals surface area contributed by atoms with Gasteiger partial charge in [-0.25, -0.2) is 9.18 Å². The average molecular weight is 376 g/mol. The first-order valence-corrected chi connectivity index (χ1v) is 8.21. The zero-order valence-electron chi connectivity index (χ0n) is 13.5. The lowest BCUT2D eigenvalue weighted by Gasteiger charge is -2.22. The Bertz CT molecular complexity index is 841. The number of urea groups is 1. The molecule has 3 rings (SSSR count). The fourth-order valence-corrected chi connectivity index (χ4v) is 2.92. The van der Waals surface area contributed by atoms with Crippen LogP contribution < -0.4 is 10.6 Å². The summed E-state index contributed by atoms with van der Waals surface area (Å²) in [4.78, 5) is 36.5. The van der Waals surface area contributed by atoms with E-state index in [9.17, 15) is 18.8 Å². The fraction of sp³-hybridized carbons (Fsp3) is 0.167. The number of nitrogens with one attached hydrogen (secondary N) is 2. The van der Waals surface area contributed by atoms with E-state index in [2.05, 4.69) is 10.6 Å². The highest BCUT2D eigenvalue weighted by Crippen LogP contribution is 2.28. The summed E-state index contributed by atoms with van der Waals surface area (Å²) in [5, 5.41) is 5.54. The Morgan fingerprint density at radius 1 is 1.19 bits per heavy atom. The Morgan fingerprint density at radius 2 is 1.88 bits per heavy atom. The molecule has 1 fully saturated rings. The first-order chi connectivity index (χ1) is 12.5. The number of benzene rings is 2. The van der Waals surface area contributed by atoms with Crippen LogP contribution >= 0.6 is 11.6 Å². The van der Waals surface area contributed by atoms with Crippen molar-refractivity contribution in [2.24, 2.45) is 0 Å². The van der Waals surface area contributed by atoms with Gasteiger partial charge in [0, 0.05) is 5.02 Å². The second-order valence-electron chi connectivity index (χ2n) is 5.71. The van der Waals surface area contributed by atoms with E-state index in [-0.39, 0.29) is 6.54 Å². The molecule has 2 aromatic rings. The predicted molar refractivity (Wildman–Crippen MR) is 92.9 cm³/mol. The van der Waals surface area contributed by atoms with E-state index < -0.39 is 36.2 Å². The molecular formula is C18H15ClFN3O3. The van der Waals surface area contributed by atoms with E-state index >= 15 is 0 Å². The molecule has 0 bridgehead atoms. The summed E-state index contributed by atoms with van der Waals surface area (Å²) in [7, 11) is 0. The Kier molecular flexibility index (Phi) is 5.18. The minimum Gasteiger partial charge on any atom is -0.344 e. The highest BCUT2D eigenvalue weighted by molar-refractivity contribution is 6.31. The zero-order valence-corrected chi connectivity index (χ0v) is 14.3. The Morgan fingerprint density at radius 3 is 2.50 bits per heavy atom. The lowest BCUT2D eigenvalue weighted by atomic mass is 9.98. The first-order valence-electron chi connectivity index (χ1n) is 7.83. The van der Waals surface area contributed by atoms with E-state index in [1.54, 1.807) is 24.3 Å². The number of nitrogens with zero attached hydrogens (tertiary/aromatic N) is 1. The molecule has 6 nitrogen and oxygen atoms in total. The van der Waals surface area contributed by atoms with Gasteiger partial charge in [0.05, 0.1) is 12.6 Å². The molecule has 1 unspecified atom stereocenters. The van der Waals surface area contributed by atoms with Crippen molar-refractivity contribution in [3.8, 4) is 0 Å². The van der Waals surface area contributed by atoms with Crippen molar-refractivity contribution in [3.63, 3.8) is 0 Å². The van der Waals surface area contributed by atoms with E-state index in [1.165, 1.54) is 24.3 Å². The largest absolute Gasteiger partial charge is 0.344 e. The number of halogens is 2. The number of amides is 4. The standard InChI is InChI=1S/C18H15ClFN3O3/c19-14-4-2-1-3-13(14)17(11-5-7-12(20)8-6-11)22-15(24)10-23-16(25)9-21-18(23)26/h1-8,17H,9-10H2,(H,21,26)(H,22,24). The summed E-state index contributed by atoms with van der Waals surface area (Å²) < 4.78 is 13.2. The zero-order chi connectivity index (χ0) is 18.7. The summed E-state index contributed by atoms with van der Waals surface area (Å²) in [6.45, 7) is -0.537. The number of carbonyl (C=O) groups excluding carboxylic acids is 3. The molecule has 2 N–H and O–H groups in total. The Hall–Kier alpha value is -2.93. The lowest BCUT2D eigenvalue weighted by molar-refractivity contribution is -0.130. The van der Waals surface area contributed by atoms with Gasteiger partial charge in [0.25, 0.3) is 5.91 Å². The van der Waals surface area contributed by atoms with Crippen LogP contribution in [0.5, 0.6) is 0 Å². The summed E-state index contributed by atoms with van der Waals surface area (Å²) in [6.07, 6.45) is 0. The molecule has 0 saturated carbocycles. The molecule has 1 saturated heterocycles. The minimum atomic E-state index is -0.655. The van der Waals surface area contributed by atoms with Gasteiger partial charge < -0.3 is 10.6 Å². The van der Waals surface area contributed by atoms with Crippen molar-refractivity contribution in [2.75, 3.05) is 13.1 Å². The van der Waals surface area contributed by atoms with Crippen molar-refractivity contribution in [1.29, 1.82) is 0 Å². The Labute approximate surface area is 153 Å². The maximum atomic E-state index is 13.2. The molecule has 8 heteroatoms. The lowest BCUT2D eigenvalue weighted by Crippen LogP contribution is -2.42. The van der Waals surface area contributed by atoms with Crippen LogP contribution in [-0.2, 0) is 9.59 Å². The van der Waals surface area contributed by atoms with E-state index in [0.29, 0.717) is 16.1 Å². The molecule has 4 amide bonds. The normalized spacial score (nSPS) is 14.9. The monoisotopic (exact) mass is 375 g/mol. The molecule has 1 aliphatic heterocycles.